The van der Waals surface area contributed by atoms with Gasteiger partial charge >= 0.3 is 0 Å². The van der Waals surface area contributed by atoms with E-state index in [0.29, 0.717) is 12.5 Å². The lowest BCUT2D eigenvalue weighted by molar-refractivity contribution is -0.134. The van der Waals surface area contributed by atoms with Crippen molar-refractivity contribution in [1.82, 2.24) is 19.8 Å². The molecular weight excluding hydrogens is 292 g/mol. The maximum atomic E-state index is 12.4. The van der Waals surface area contributed by atoms with Gasteiger partial charge in [0, 0.05) is 38.1 Å². The van der Waals surface area contributed by atoms with Gasteiger partial charge in [-0.05, 0) is 38.8 Å². The summed E-state index contributed by atoms with van der Waals surface area (Å²) < 4.78 is 5.69. The minimum atomic E-state index is 0.130. The van der Waals surface area contributed by atoms with E-state index in [1.807, 2.05) is 11.0 Å². The summed E-state index contributed by atoms with van der Waals surface area (Å²) in [5, 5.41) is 0. The van der Waals surface area contributed by atoms with Gasteiger partial charge in [0.25, 0.3) is 0 Å². The molecule has 0 radical (unpaired) electrons. The third-order valence-electron chi connectivity index (χ3n) is 4.83. The van der Waals surface area contributed by atoms with Crippen molar-refractivity contribution in [2.75, 3.05) is 26.7 Å². The van der Waals surface area contributed by atoms with E-state index < -0.39 is 0 Å². The summed E-state index contributed by atoms with van der Waals surface area (Å²) in [6, 6.07) is 2.21. The van der Waals surface area contributed by atoms with E-state index in [2.05, 4.69) is 21.9 Å². The van der Waals surface area contributed by atoms with Crippen LogP contribution < -0.4 is 0 Å². The van der Waals surface area contributed by atoms with Crippen LogP contribution in [0.5, 0.6) is 0 Å². The maximum Gasteiger partial charge on any atom is 0.225 e. The molecule has 2 fully saturated rings. The fourth-order valence-electron chi connectivity index (χ4n) is 3.38. The number of hydrogen-bond donors (Lipinski definition) is 0. The summed E-state index contributed by atoms with van der Waals surface area (Å²) in [5.41, 5.74) is 0. The van der Waals surface area contributed by atoms with Gasteiger partial charge in [-0.1, -0.05) is 0 Å². The Labute approximate surface area is 137 Å². The van der Waals surface area contributed by atoms with Gasteiger partial charge in [0.2, 0.25) is 5.91 Å². The second-order valence-corrected chi connectivity index (χ2v) is 6.56. The molecule has 1 aromatic rings. The first-order valence-electron chi connectivity index (χ1n) is 8.58. The molecular formula is C17H26N4O2. The van der Waals surface area contributed by atoms with Crippen molar-refractivity contribution in [2.24, 2.45) is 0 Å². The highest BCUT2D eigenvalue weighted by Gasteiger charge is 2.30. The summed E-state index contributed by atoms with van der Waals surface area (Å²) in [6.45, 7) is 3.17. The number of hydrogen-bond acceptors (Lipinski definition) is 5. The average molecular weight is 318 g/mol. The molecule has 3 rings (SSSR count). The first kappa shape index (κ1) is 16.3. The average Bonchev–Trinajstić information content (AvgIpc) is 3.07. The molecule has 23 heavy (non-hydrogen) atoms. The first-order chi connectivity index (χ1) is 11.2. The molecule has 2 aliphatic heterocycles. The zero-order valence-electron chi connectivity index (χ0n) is 13.9. The summed E-state index contributed by atoms with van der Waals surface area (Å²) in [7, 11) is 2.08. The van der Waals surface area contributed by atoms with E-state index in [9.17, 15) is 4.79 Å². The summed E-state index contributed by atoms with van der Waals surface area (Å²) in [4.78, 5) is 25.2. The fourth-order valence-corrected chi connectivity index (χ4v) is 3.38. The van der Waals surface area contributed by atoms with Crippen LogP contribution in [-0.4, -0.2) is 64.6 Å². The standard InChI is InChI=1S/C17H26N4O2/c1-20(13-16-18-7-4-8-19-16)14-6-9-21(12-14)17(22)11-15-5-2-3-10-23-15/h4,7-8,14-15H,2-3,5-6,9-13H2,1H3/t14-,15+/m0/s1. The normalized spacial score (nSPS) is 25.0. The van der Waals surface area contributed by atoms with Crippen molar-refractivity contribution >= 4 is 5.91 Å². The summed E-state index contributed by atoms with van der Waals surface area (Å²) in [5.74, 6) is 1.07. The molecule has 0 unspecified atom stereocenters. The smallest absolute Gasteiger partial charge is 0.225 e. The molecule has 1 aromatic heterocycles. The number of rotatable bonds is 5. The van der Waals surface area contributed by atoms with Gasteiger partial charge in [-0.3, -0.25) is 9.69 Å². The number of likely N-dealkylation sites (tertiary alicyclic amines) is 1. The fraction of sp³-hybridized carbons (Fsp3) is 0.706. The Morgan fingerprint density at radius 1 is 1.35 bits per heavy atom. The number of ether oxygens (including phenoxy) is 1. The van der Waals surface area contributed by atoms with Crippen LogP contribution in [0.2, 0.25) is 0 Å². The third kappa shape index (κ3) is 4.48. The predicted molar refractivity (Wildman–Crippen MR) is 86.7 cm³/mol. The number of aromatic nitrogens is 2. The molecule has 0 spiro atoms. The molecule has 0 aromatic carbocycles. The molecule has 0 bridgehead atoms. The monoisotopic (exact) mass is 318 g/mol. The molecule has 2 saturated heterocycles. The van der Waals surface area contributed by atoms with E-state index in [0.717, 1.165) is 51.3 Å². The molecule has 0 saturated carbocycles. The number of carbonyl (C=O) groups is 1. The largest absolute Gasteiger partial charge is 0.378 e. The highest BCUT2D eigenvalue weighted by atomic mass is 16.5. The Kier molecular flexibility index (Phi) is 5.56. The first-order valence-corrected chi connectivity index (χ1v) is 8.58. The Balaban J connectivity index is 1.46. The molecule has 6 heteroatoms. The van der Waals surface area contributed by atoms with Gasteiger partial charge in [-0.25, -0.2) is 9.97 Å². The van der Waals surface area contributed by atoms with Crippen molar-refractivity contribution < 1.29 is 9.53 Å². The van der Waals surface area contributed by atoms with Crippen molar-refractivity contribution in [1.29, 1.82) is 0 Å². The predicted octanol–water partition coefficient (Wildman–Crippen LogP) is 1.47. The van der Waals surface area contributed by atoms with Crippen molar-refractivity contribution in [3.05, 3.63) is 24.3 Å². The van der Waals surface area contributed by atoms with Gasteiger partial charge in [0.1, 0.15) is 5.82 Å². The highest BCUT2D eigenvalue weighted by Crippen LogP contribution is 2.20. The zero-order valence-corrected chi connectivity index (χ0v) is 13.9. The second-order valence-electron chi connectivity index (χ2n) is 6.56. The van der Waals surface area contributed by atoms with Crippen molar-refractivity contribution in [2.45, 2.75) is 50.8 Å². The number of carbonyl (C=O) groups excluding carboxylic acids is 1. The van der Waals surface area contributed by atoms with Gasteiger partial charge < -0.3 is 9.64 Å². The van der Waals surface area contributed by atoms with Crippen molar-refractivity contribution in [3.8, 4) is 0 Å². The van der Waals surface area contributed by atoms with Crippen LogP contribution in [0.3, 0.4) is 0 Å². The summed E-state index contributed by atoms with van der Waals surface area (Å²) in [6.07, 6.45) is 8.55. The third-order valence-corrected chi connectivity index (χ3v) is 4.83. The minimum absolute atomic E-state index is 0.130. The number of amides is 1. The SMILES string of the molecule is CN(Cc1ncccn1)[C@H]1CCN(C(=O)C[C@H]2CCCCO2)C1. The van der Waals surface area contributed by atoms with E-state index >= 15 is 0 Å². The Bertz CT molecular complexity index is 505. The van der Waals surface area contributed by atoms with Crippen LogP contribution >= 0.6 is 0 Å². The highest BCUT2D eigenvalue weighted by molar-refractivity contribution is 5.77. The molecule has 0 N–H and O–H groups in total. The van der Waals surface area contributed by atoms with Gasteiger partial charge in [-0.2, -0.15) is 0 Å². The second kappa shape index (κ2) is 7.84. The topological polar surface area (TPSA) is 58.6 Å². The quantitative estimate of drug-likeness (QED) is 0.823. The van der Waals surface area contributed by atoms with Gasteiger partial charge in [0.15, 0.2) is 0 Å². The van der Waals surface area contributed by atoms with Crippen molar-refractivity contribution in [3.63, 3.8) is 0 Å². The van der Waals surface area contributed by atoms with E-state index in [4.69, 9.17) is 4.74 Å². The van der Waals surface area contributed by atoms with E-state index in [1.54, 1.807) is 12.4 Å². The molecule has 126 valence electrons. The molecule has 0 aliphatic carbocycles. The summed E-state index contributed by atoms with van der Waals surface area (Å²) >= 11 is 0. The maximum absolute atomic E-state index is 12.4. The van der Waals surface area contributed by atoms with E-state index in [-0.39, 0.29) is 12.0 Å². The van der Waals surface area contributed by atoms with Crippen LogP contribution in [-0.2, 0) is 16.1 Å². The Hall–Kier alpha value is -1.53. The van der Waals surface area contributed by atoms with Crippen LogP contribution in [0.4, 0.5) is 0 Å². The van der Waals surface area contributed by atoms with Gasteiger partial charge in [-0.15, -0.1) is 0 Å². The Morgan fingerprint density at radius 3 is 2.91 bits per heavy atom. The number of likely N-dealkylation sites (N-methyl/N-ethyl adjacent to an activating group) is 1. The molecule has 6 nitrogen and oxygen atoms in total. The van der Waals surface area contributed by atoms with Crippen LogP contribution in [0.25, 0.3) is 0 Å². The lowest BCUT2D eigenvalue weighted by Crippen LogP contribution is -2.38. The van der Waals surface area contributed by atoms with Crippen LogP contribution in [0, 0.1) is 0 Å². The lowest BCUT2D eigenvalue weighted by atomic mass is 10.1. The van der Waals surface area contributed by atoms with Crippen LogP contribution in [0.1, 0.15) is 37.9 Å². The van der Waals surface area contributed by atoms with E-state index in [1.165, 1.54) is 6.42 Å². The Morgan fingerprint density at radius 2 is 2.17 bits per heavy atom. The van der Waals surface area contributed by atoms with Gasteiger partial charge in [0.05, 0.1) is 19.1 Å². The molecule has 2 atom stereocenters. The lowest BCUT2D eigenvalue weighted by Gasteiger charge is -2.26. The minimum Gasteiger partial charge on any atom is -0.378 e. The zero-order chi connectivity index (χ0) is 16.1. The molecule has 3 heterocycles. The number of nitrogens with zero attached hydrogens (tertiary/aromatic N) is 4. The molecule has 1 amide bonds. The molecule has 2 aliphatic rings. The van der Waals surface area contributed by atoms with Crippen LogP contribution in [0.15, 0.2) is 18.5 Å².